The smallest absolute Gasteiger partial charge is 0.287 e. The first-order chi connectivity index (χ1) is 11.8. The molecule has 10 heteroatoms. The predicted molar refractivity (Wildman–Crippen MR) is 93.1 cm³/mol. The van der Waals surface area contributed by atoms with Crippen LogP contribution >= 0.6 is 0 Å². The SMILES string of the molecule is C=CCS(=O)(=O)C(C)C(=O)N1CCN(c2ccc([N+](=O)[O-])cn2)CC1. The number of rotatable bonds is 6. The van der Waals surface area contributed by atoms with E-state index < -0.39 is 25.9 Å². The molecule has 1 aliphatic rings. The van der Waals surface area contributed by atoms with Gasteiger partial charge in [-0.1, -0.05) is 6.08 Å². The molecule has 0 saturated carbocycles. The molecule has 25 heavy (non-hydrogen) atoms. The standard InChI is InChI=1S/C15H20N4O5S/c1-3-10-25(23,24)12(2)15(20)18-8-6-17(7-9-18)14-5-4-13(11-16-14)19(21)22/h3-5,11-12H,1,6-10H2,2H3. The molecular weight excluding hydrogens is 348 g/mol. The van der Waals surface area contributed by atoms with Crippen molar-refractivity contribution in [2.75, 3.05) is 36.8 Å². The lowest BCUT2D eigenvalue weighted by Gasteiger charge is -2.36. The lowest BCUT2D eigenvalue weighted by molar-refractivity contribution is -0.385. The van der Waals surface area contributed by atoms with Gasteiger partial charge in [-0.2, -0.15) is 0 Å². The van der Waals surface area contributed by atoms with Crippen LogP contribution in [0.5, 0.6) is 0 Å². The molecule has 1 atom stereocenters. The number of amides is 1. The summed E-state index contributed by atoms with van der Waals surface area (Å²) in [5.74, 6) is -0.0600. The molecule has 1 fully saturated rings. The van der Waals surface area contributed by atoms with Crippen molar-refractivity contribution in [1.82, 2.24) is 9.88 Å². The molecule has 1 saturated heterocycles. The van der Waals surface area contributed by atoms with E-state index in [0.29, 0.717) is 32.0 Å². The van der Waals surface area contributed by atoms with Crippen LogP contribution in [0.3, 0.4) is 0 Å². The van der Waals surface area contributed by atoms with E-state index in [9.17, 15) is 23.3 Å². The fourth-order valence-corrected chi connectivity index (χ4v) is 3.62. The van der Waals surface area contributed by atoms with Crippen LogP contribution in [-0.4, -0.2) is 66.3 Å². The van der Waals surface area contributed by atoms with Crippen molar-refractivity contribution in [1.29, 1.82) is 0 Å². The van der Waals surface area contributed by atoms with Crippen molar-refractivity contribution < 1.29 is 18.1 Å². The van der Waals surface area contributed by atoms with Gasteiger partial charge in [0.15, 0.2) is 9.84 Å². The number of hydrogen-bond acceptors (Lipinski definition) is 7. The Morgan fingerprint density at radius 3 is 2.52 bits per heavy atom. The van der Waals surface area contributed by atoms with Gasteiger partial charge in [-0.25, -0.2) is 13.4 Å². The monoisotopic (exact) mass is 368 g/mol. The van der Waals surface area contributed by atoms with Gasteiger partial charge in [0.2, 0.25) is 5.91 Å². The Bertz CT molecular complexity index is 755. The molecule has 1 amide bonds. The Kier molecular flexibility index (Phi) is 5.73. The van der Waals surface area contributed by atoms with Gasteiger partial charge < -0.3 is 9.80 Å². The topological polar surface area (TPSA) is 114 Å². The molecule has 1 unspecified atom stereocenters. The highest BCUT2D eigenvalue weighted by atomic mass is 32.2. The molecule has 1 aromatic rings. The number of sulfone groups is 1. The van der Waals surface area contributed by atoms with Gasteiger partial charge in [-0.05, 0) is 13.0 Å². The molecule has 2 rings (SSSR count). The number of hydrogen-bond donors (Lipinski definition) is 0. The van der Waals surface area contributed by atoms with Crippen LogP contribution in [0.4, 0.5) is 11.5 Å². The summed E-state index contributed by atoms with van der Waals surface area (Å²) in [5.41, 5.74) is -0.0844. The van der Waals surface area contributed by atoms with E-state index in [4.69, 9.17) is 0 Å². The van der Waals surface area contributed by atoms with Crippen LogP contribution < -0.4 is 4.90 Å². The first-order valence-corrected chi connectivity index (χ1v) is 9.44. The molecule has 1 aromatic heterocycles. The Morgan fingerprint density at radius 1 is 1.40 bits per heavy atom. The predicted octanol–water partition coefficient (Wildman–Crippen LogP) is 0.628. The van der Waals surface area contributed by atoms with E-state index in [1.165, 1.54) is 30.2 Å². The van der Waals surface area contributed by atoms with Gasteiger partial charge in [-0.15, -0.1) is 6.58 Å². The van der Waals surface area contributed by atoms with Gasteiger partial charge in [0.25, 0.3) is 5.69 Å². The molecule has 136 valence electrons. The number of pyridine rings is 1. The molecule has 0 radical (unpaired) electrons. The van der Waals surface area contributed by atoms with Gasteiger partial charge >= 0.3 is 0 Å². The third-order valence-electron chi connectivity index (χ3n) is 4.10. The molecule has 1 aliphatic heterocycles. The summed E-state index contributed by atoms with van der Waals surface area (Å²) in [6.07, 6.45) is 2.47. The highest BCUT2D eigenvalue weighted by molar-refractivity contribution is 7.92. The van der Waals surface area contributed by atoms with Crippen LogP contribution in [0.15, 0.2) is 31.0 Å². The maximum atomic E-state index is 12.4. The summed E-state index contributed by atoms with van der Waals surface area (Å²) in [5, 5.41) is 9.55. The van der Waals surface area contributed by atoms with Gasteiger partial charge in [0.1, 0.15) is 17.3 Å². The van der Waals surface area contributed by atoms with Crippen molar-refractivity contribution in [2.45, 2.75) is 12.2 Å². The van der Waals surface area contributed by atoms with E-state index in [-0.39, 0.29) is 11.4 Å². The second-order valence-corrected chi connectivity index (χ2v) is 8.07. The molecule has 0 aromatic carbocycles. The van der Waals surface area contributed by atoms with Crippen molar-refractivity contribution in [2.24, 2.45) is 0 Å². The zero-order chi connectivity index (χ0) is 18.6. The zero-order valence-electron chi connectivity index (χ0n) is 13.9. The van der Waals surface area contributed by atoms with Crippen LogP contribution in [0.25, 0.3) is 0 Å². The van der Waals surface area contributed by atoms with E-state index in [1.807, 2.05) is 4.90 Å². The number of anilines is 1. The highest BCUT2D eigenvalue weighted by Gasteiger charge is 2.32. The minimum atomic E-state index is -3.54. The summed E-state index contributed by atoms with van der Waals surface area (Å²) < 4.78 is 24.0. The molecule has 0 N–H and O–H groups in total. The van der Waals surface area contributed by atoms with Crippen LogP contribution in [-0.2, 0) is 14.6 Å². The maximum absolute atomic E-state index is 12.4. The Balaban J connectivity index is 1.98. The Labute approximate surface area is 146 Å². The first kappa shape index (κ1) is 18.8. The fraction of sp³-hybridized carbons (Fsp3) is 0.467. The average Bonchev–Trinajstić information content (AvgIpc) is 2.60. The number of nitro groups is 1. The number of nitrogens with zero attached hydrogens (tertiary/aromatic N) is 4. The number of piperazine rings is 1. The third kappa shape index (κ3) is 4.32. The maximum Gasteiger partial charge on any atom is 0.287 e. The zero-order valence-corrected chi connectivity index (χ0v) is 14.7. The van der Waals surface area contributed by atoms with Crippen LogP contribution in [0, 0.1) is 10.1 Å². The summed E-state index contributed by atoms with van der Waals surface area (Å²) >= 11 is 0. The van der Waals surface area contributed by atoms with E-state index in [2.05, 4.69) is 11.6 Å². The quantitative estimate of drug-likeness (QED) is 0.411. The number of carbonyl (C=O) groups excluding carboxylic acids is 1. The lowest BCUT2D eigenvalue weighted by atomic mass is 10.2. The average molecular weight is 368 g/mol. The number of carbonyl (C=O) groups is 1. The van der Waals surface area contributed by atoms with E-state index in [0.717, 1.165) is 0 Å². The van der Waals surface area contributed by atoms with Crippen molar-refractivity contribution in [3.63, 3.8) is 0 Å². The second-order valence-electron chi connectivity index (χ2n) is 5.70. The van der Waals surface area contributed by atoms with Gasteiger partial charge in [0, 0.05) is 32.2 Å². The molecule has 2 heterocycles. The van der Waals surface area contributed by atoms with Gasteiger partial charge in [0.05, 0.1) is 10.7 Å². The van der Waals surface area contributed by atoms with E-state index in [1.54, 1.807) is 6.07 Å². The molecule has 0 spiro atoms. The minimum absolute atomic E-state index is 0.0844. The normalized spacial score (nSPS) is 16.4. The lowest BCUT2D eigenvalue weighted by Crippen LogP contribution is -2.52. The summed E-state index contributed by atoms with van der Waals surface area (Å²) in [6, 6.07) is 2.94. The van der Waals surface area contributed by atoms with Crippen molar-refractivity contribution in [3.05, 3.63) is 41.1 Å². The Morgan fingerprint density at radius 2 is 2.04 bits per heavy atom. The van der Waals surface area contributed by atoms with Crippen molar-refractivity contribution >= 4 is 27.2 Å². The van der Waals surface area contributed by atoms with Gasteiger partial charge in [-0.3, -0.25) is 14.9 Å². The largest absolute Gasteiger partial charge is 0.353 e. The fourth-order valence-electron chi connectivity index (χ4n) is 2.55. The third-order valence-corrected chi connectivity index (χ3v) is 6.07. The molecule has 0 bridgehead atoms. The van der Waals surface area contributed by atoms with Crippen LogP contribution in [0.2, 0.25) is 0 Å². The molecular formula is C15H20N4O5S. The summed E-state index contributed by atoms with van der Waals surface area (Å²) in [7, 11) is -3.54. The van der Waals surface area contributed by atoms with E-state index >= 15 is 0 Å². The molecule has 0 aliphatic carbocycles. The minimum Gasteiger partial charge on any atom is -0.353 e. The van der Waals surface area contributed by atoms with Crippen molar-refractivity contribution in [3.8, 4) is 0 Å². The first-order valence-electron chi connectivity index (χ1n) is 7.73. The van der Waals surface area contributed by atoms with Crippen LogP contribution in [0.1, 0.15) is 6.92 Å². The highest BCUT2D eigenvalue weighted by Crippen LogP contribution is 2.18. The summed E-state index contributed by atoms with van der Waals surface area (Å²) in [4.78, 5) is 30.0. The summed E-state index contributed by atoms with van der Waals surface area (Å²) in [6.45, 7) is 6.48. The Hall–Kier alpha value is -2.49. The second kappa shape index (κ2) is 7.60. The number of aromatic nitrogens is 1. The molecule has 9 nitrogen and oxygen atoms in total.